The van der Waals surface area contributed by atoms with Crippen LogP contribution in [0.2, 0.25) is 0 Å². The van der Waals surface area contributed by atoms with Crippen LogP contribution in [0.15, 0.2) is 16.8 Å². The molecular weight excluding hydrogens is 412 g/mol. The summed E-state index contributed by atoms with van der Waals surface area (Å²) in [6.45, 7) is 9.07. The van der Waals surface area contributed by atoms with Crippen LogP contribution in [0.4, 0.5) is 4.79 Å². The average Bonchev–Trinajstić information content (AvgIpc) is 3.08. The van der Waals surface area contributed by atoms with E-state index in [9.17, 15) is 9.59 Å². The summed E-state index contributed by atoms with van der Waals surface area (Å²) in [5, 5.41) is 4.35. The molecule has 4 saturated carbocycles. The Bertz CT molecular complexity index is 894. The van der Waals surface area contributed by atoms with Crippen LogP contribution < -0.4 is 5.43 Å². The van der Waals surface area contributed by atoms with Gasteiger partial charge in [-0.15, -0.1) is 0 Å². The molecule has 0 aromatic carbocycles. The lowest BCUT2D eigenvalue weighted by atomic mass is 9.44. The first-order chi connectivity index (χ1) is 15.8. The molecule has 182 valence electrons. The number of nitrogens with one attached hydrogen (secondary N) is 1. The second-order valence-corrected chi connectivity index (χ2v) is 12.1. The highest BCUT2D eigenvalue weighted by molar-refractivity contribution is 5.97. The summed E-state index contributed by atoms with van der Waals surface area (Å²) >= 11 is 0. The molecule has 0 aliphatic heterocycles. The Morgan fingerprint density at radius 3 is 2.67 bits per heavy atom. The first kappa shape index (κ1) is 23.1. The number of ketones is 1. The number of carbonyl (C=O) groups is 2. The van der Waals surface area contributed by atoms with Gasteiger partial charge < -0.3 is 4.74 Å². The highest BCUT2D eigenvalue weighted by Gasteiger charge is 2.69. The third-order valence-electron chi connectivity index (χ3n) is 11.2. The van der Waals surface area contributed by atoms with Gasteiger partial charge in [0, 0.05) is 5.41 Å². The van der Waals surface area contributed by atoms with Crippen molar-refractivity contribution in [3.63, 3.8) is 0 Å². The molecule has 5 nitrogen and oxygen atoms in total. The zero-order chi connectivity index (χ0) is 23.4. The van der Waals surface area contributed by atoms with E-state index < -0.39 is 6.09 Å². The summed E-state index contributed by atoms with van der Waals surface area (Å²) in [5.74, 6) is 3.25. The molecule has 0 aromatic rings. The minimum Gasteiger partial charge on any atom is -0.449 e. The van der Waals surface area contributed by atoms with Gasteiger partial charge in [-0.3, -0.25) is 4.79 Å². The molecule has 5 rings (SSSR count). The third kappa shape index (κ3) is 3.27. The lowest BCUT2D eigenvalue weighted by Gasteiger charge is -2.60. The van der Waals surface area contributed by atoms with Crippen molar-refractivity contribution in [2.45, 2.75) is 98.3 Å². The van der Waals surface area contributed by atoms with E-state index in [0.717, 1.165) is 37.3 Å². The maximum Gasteiger partial charge on any atom is 0.427 e. The van der Waals surface area contributed by atoms with E-state index >= 15 is 0 Å². The number of hydrogen-bond donors (Lipinski definition) is 1. The van der Waals surface area contributed by atoms with Crippen molar-refractivity contribution >= 4 is 17.6 Å². The monoisotopic (exact) mass is 454 g/mol. The Balaban J connectivity index is 1.40. The highest BCUT2D eigenvalue weighted by atomic mass is 16.5. The number of nitrogens with zero attached hydrogens (tertiary/aromatic N) is 1. The number of allylic oxidation sites excluding steroid dienone is 2. The maximum atomic E-state index is 13.2. The molecule has 0 saturated heterocycles. The summed E-state index contributed by atoms with van der Waals surface area (Å²) in [5.41, 5.74) is 5.41. The molecule has 0 unspecified atom stereocenters. The van der Waals surface area contributed by atoms with Crippen LogP contribution >= 0.6 is 0 Å². The Labute approximate surface area is 199 Å². The van der Waals surface area contributed by atoms with Crippen LogP contribution in [0.5, 0.6) is 0 Å². The van der Waals surface area contributed by atoms with Gasteiger partial charge in [-0.05, 0) is 112 Å². The summed E-state index contributed by atoms with van der Waals surface area (Å²) < 4.78 is 4.94. The highest BCUT2D eigenvalue weighted by Crippen LogP contribution is 2.74. The minimum atomic E-state index is -0.478. The molecule has 33 heavy (non-hydrogen) atoms. The first-order valence-electron chi connectivity index (χ1n) is 13.5. The van der Waals surface area contributed by atoms with E-state index in [4.69, 9.17) is 4.74 Å². The van der Waals surface area contributed by atoms with Crippen molar-refractivity contribution in [1.29, 1.82) is 0 Å². The van der Waals surface area contributed by atoms with E-state index in [2.05, 4.69) is 30.5 Å². The average molecular weight is 455 g/mol. The van der Waals surface area contributed by atoms with Crippen molar-refractivity contribution in [2.24, 2.45) is 45.0 Å². The Kier molecular flexibility index (Phi) is 5.77. The number of carbonyl (C=O) groups excluding carboxylic acids is 2. The molecule has 0 spiro atoms. The molecule has 0 radical (unpaired) electrons. The second-order valence-electron chi connectivity index (χ2n) is 12.1. The van der Waals surface area contributed by atoms with Gasteiger partial charge in [0.2, 0.25) is 0 Å². The van der Waals surface area contributed by atoms with Gasteiger partial charge in [0.15, 0.2) is 0 Å². The Morgan fingerprint density at radius 1 is 1.09 bits per heavy atom. The first-order valence-corrected chi connectivity index (χ1v) is 13.5. The van der Waals surface area contributed by atoms with E-state index in [-0.39, 0.29) is 16.2 Å². The number of fused-ring (bicyclic) bond motifs is 7. The normalized spacial score (nSPS) is 45.2. The minimum absolute atomic E-state index is 0.0525. The van der Waals surface area contributed by atoms with Crippen molar-refractivity contribution in [3.8, 4) is 0 Å². The zero-order valence-electron chi connectivity index (χ0n) is 21.0. The number of ether oxygens (including phenoxy) is 1. The van der Waals surface area contributed by atoms with Gasteiger partial charge >= 0.3 is 6.09 Å². The largest absolute Gasteiger partial charge is 0.449 e. The number of amides is 1. The van der Waals surface area contributed by atoms with E-state index in [1.165, 1.54) is 50.5 Å². The predicted octanol–water partition coefficient (Wildman–Crippen LogP) is 6.43. The number of Topliss-reactive ketones (excluding diaryl/α,β-unsaturated/α-hetero) is 1. The van der Waals surface area contributed by atoms with Gasteiger partial charge in [0.1, 0.15) is 5.78 Å². The molecule has 1 N–H and O–H groups in total. The predicted molar refractivity (Wildman–Crippen MR) is 130 cm³/mol. The summed E-state index contributed by atoms with van der Waals surface area (Å²) in [6.07, 6.45) is 14.8. The maximum absolute atomic E-state index is 13.2. The fourth-order valence-electron chi connectivity index (χ4n) is 9.74. The molecular formula is C28H42N2O3. The molecule has 0 bridgehead atoms. The quantitative estimate of drug-likeness (QED) is 0.500. The zero-order valence-corrected chi connectivity index (χ0v) is 21.0. The molecule has 5 aliphatic rings. The molecule has 5 heteroatoms. The lowest BCUT2D eigenvalue weighted by Crippen LogP contribution is -2.55. The van der Waals surface area contributed by atoms with Gasteiger partial charge in [-0.2, -0.15) is 5.10 Å². The summed E-state index contributed by atoms with van der Waals surface area (Å²) in [6, 6.07) is 0. The van der Waals surface area contributed by atoms with Crippen molar-refractivity contribution in [1.82, 2.24) is 5.43 Å². The summed E-state index contributed by atoms with van der Waals surface area (Å²) in [7, 11) is 0. The second kappa shape index (κ2) is 8.23. The van der Waals surface area contributed by atoms with Gasteiger partial charge in [0.05, 0.1) is 12.3 Å². The van der Waals surface area contributed by atoms with Gasteiger partial charge in [-0.25, -0.2) is 10.2 Å². The van der Waals surface area contributed by atoms with Crippen LogP contribution in [0.3, 0.4) is 0 Å². The molecule has 7 atom stereocenters. The number of rotatable bonds is 3. The van der Waals surface area contributed by atoms with Crippen LogP contribution in [-0.4, -0.2) is 24.2 Å². The van der Waals surface area contributed by atoms with Crippen LogP contribution in [-0.2, 0) is 9.53 Å². The van der Waals surface area contributed by atoms with Crippen molar-refractivity contribution in [3.05, 3.63) is 11.6 Å². The van der Waals surface area contributed by atoms with Gasteiger partial charge in [0.25, 0.3) is 0 Å². The van der Waals surface area contributed by atoms with Gasteiger partial charge in [-0.1, -0.05) is 32.3 Å². The fraction of sp³-hybridized carbons (Fsp3) is 0.821. The van der Waals surface area contributed by atoms with Crippen LogP contribution in [0, 0.1) is 39.9 Å². The lowest BCUT2D eigenvalue weighted by molar-refractivity contribution is -0.147. The topological polar surface area (TPSA) is 67.8 Å². The SMILES string of the molecule is CCOC(=O)N/N=C1/C=C2CC[C@H]3[C@H](CC[C@@]4(C)[C@H]3C[C@H]3CCCC[C@]34C(C)=O)[C@@]2(C)CC1. The molecule has 5 aliphatic carbocycles. The fourth-order valence-corrected chi connectivity index (χ4v) is 9.74. The third-order valence-corrected chi connectivity index (χ3v) is 11.2. The van der Waals surface area contributed by atoms with E-state index in [0.29, 0.717) is 30.1 Å². The van der Waals surface area contributed by atoms with Crippen molar-refractivity contribution < 1.29 is 14.3 Å². The standard InChI is InChI=1S/C28H42N2O3/c1-5-33-25(32)30-29-21-11-14-26(3)19(16-21)9-10-22-23(26)12-15-27(4)24(22)17-20-8-6-7-13-28(20,27)18(2)31/h16,20,22-24H,5-15,17H2,1-4H3,(H,30,32)/b29-21+/t20-,22+,23+,24+,26+,27+,28+/m1/s1. The molecule has 4 fully saturated rings. The van der Waals surface area contributed by atoms with E-state index in [1.54, 1.807) is 6.92 Å². The smallest absolute Gasteiger partial charge is 0.427 e. The number of hydrazone groups is 1. The van der Waals surface area contributed by atoms with Crippen LogP contribution in [0.25, 0.3) is 0 Å². The molecule has 0 heterocycles. The van der Waals surface area contributed by atoms with Crippen LogP contribution in [0.1, 0.15) is 98.3 Å². The Hall–Kier alpha value is -1.65. The molecule has 1 amide bonds. The molecule has 0 aromatic heterocycles. The van der Waals surface area contributed by atoms with Crippen molar-refractivity contribution in [2.75, 3.05) is 6.61 Å². The van der Waals surface area contributed by atoms with E-state index in [1.807, 2.05) is 6.92 Å². The Morgan fingerprint density at radius 2 is 1.91 bits per heavy atom. The number of hydrogen-bond acceptors (Lipinski definition) is 4. The summed E-state index contributed by atoms with van der Waals surface area (Å²) in [4.78, 5) is 24.9.